The van der Waals surface area contributed by atoms with Crippen LogP contribution in [0.2, 0.25) is 0 Å². The van der Waals surface area contributed by atoms with Gasteiger partial charge in [0.2, 0.25) is 0 Å². The Bertz CT molecular complexity index is 765. The monoisotopic (exact) mass is 293 g/mol. The van der Waals surface area contributed by atoms with Gasteiger partial charge in [0.25, 0.3) is 0 Å². The average Bonchev–Trinajstić information content (AvgIpc) is 3.08. The van der Waals surface area contributed by atoms with E-state index in [4.69, 9.17) is 4.74 Å². The molecule has 22 heavy (non-hydrogen) atoms. The van der Waals surface area contributed by atoms with Gasteiger partial charge in [0.1, 0.15) is 19.3 Å². The van der Waals surface area contributed by atoms with Gasteiger partial charge in [-0.1, -0.05) is 24.3 Å². The normalized spacial score (nSPS) is 10.4. The number of hydrogen-bond donors (Lipinski definition) is 0. The van der Waals surface area contributed by atoms with Gasteiger partial charge in [-0.05, 0) is 42.3 Å². The summed E-state index contributed by atoms with van der Waals surface area (Å²) < 4.78 is 6.98. The van der Waals surface area contributed by atoms with Crippen LogP contribution in [0, 0.1) is 6.92 Å². The van der Waals surface area contributed by atoms with E-state index in [1.807, 2.05) is 31.2 Å². The number of ether oxygens (including phenoxy) is 1. The van der Waals surface area contributed by atoms with Gasteiger partial charge >= 0.3 is 5.97 Å². The Morgan fingerprint density at radius 1 is 1.14 bits per heavy atom. The molecule has 110 valence electrons. The van der Waals surface area contributed by atoms with Crippen LogP contribution in [-0.2, 0) is 11.3 Å². The molecule has 0 spiro atoms. The second-order valence-electron chi connectivity index (χ2n) is 4.89. The Balaban J connectivity index is 1.67. The molecule has 3 rings (SSSR count). The first-order valence-corrected chi connectivity index (χ1v) is 6.91. The molecule has 0 atom stereocenters. The maximum Gasteiger partial charge on any atom is 0.338 e. The fraction of sp³-hybridized carbons (Fsp3) is 0.118. The molecule has 0 aliphatic carbocycles. The average molecular weight is 293 g/mol. The first-order valence-electron chi connectivity index (χ1n) is 6.91. The van der Waals surface area contributed by atoms with Crippen LogP contribution in [0.3, 0.4) is 0 Å². The lowest BCUT2D eigenvalue weighted by Gasteiger charge is -2.08. The Morgan fingerprint density at radius 3 is 2.59 bits per heavy atom. The minimum Gasteiger partial charge on any atom is -0.457 e. The van der Waals surface area contributed by atoms with Crippen LogP contribution in [0.15, 0.2) is 61.2 Å². The summed E-state index contributed by atoms with van der Waals surface area (Å²) in [6.07, 6.45) is 3.07. The quantitative estimate of drug-likeness (QED) is 0.694. The molecule has 0 bridgehead atoms. The minimum absolute atomic E-state index is 0.274. The molecule has 0 radical (unpaired) electrons. The molecule has 5 nitrogen and oxygen atoms in total. The van der Waals surface area contributed by atoms with Gasteiger partial charge in [-0.2, -0.15) is 5.10 Å². The summed E-state index contributed by atoms with van der Waals surface area (Å²) in [7, 11) is 0. The van der Waals surface area contributed by atoms with Crippen molar-refractivity contribution in [1.29, 1.82) is 0 Å². The minimum atomic E-state index is -0.339. The predicted molar refractivity (Wildman–Crippen MR) is 81.7 cm³/mol. The number of aryl methyl sites for hydroxylation is 1. The molecule has 2 aromatic carbocycles. The lowest BCUT2D eigenvalue weighted by Crippen LogP contribution is -2.06. The summed E-state index contributed by atoms with van der Waals surface area (Å²) in [6, 6.07) is 14.9. The van der Waals surface area contributed by atoms with Crippen LogP contribution in [0.5, 0.6) is 0 Å². The number of nitrogens with zero attached hydrogens (tertiary/aromatic N) is 3. The summed E-state index contributed by atoms with van der Waals surface area (Å²) in [5.41, 5.74) is 3.47. The van der Waals surface area contributed by atoms with E-state index in [9.17, 15) is 4.79 Å². The van der Waals surface area contributed by atoms with E-state index in [1.54, 1.807) is 35.3 Å². The second-order valence-corrected chi connectivity index (χ2v) is 4.89. The highest BCUT2D eigenvalue weighted by atomic mass is 16.5. The van der Waals surface area contributed by atoms with E-state index in [2.05, 4.69) is 10.1 Å². The third kappa shape index (κ3) is 3.03. The summed E-state index contributed by atoms with van der Waals surface area (Å²) in [5.74, 6) is -0.339. The second kappa shape index (κ2) is 6.22. The molecule has 0 N–H and O–H groups in total. The van der Waals surface area contributed by atoms with Crippen molar-refractivity contribution in [3.63, 3.8) is 0 Å². The van der Waals surface area contributed by atoms with Gasteiger partial charge in [-0.25, -0.2) is 14.5 Å². The largest absolute Gasteiger partial charge is 0.457 e. The Morgan fingerprint density at radius 2 is 1.91 bits per heavy atom. The van der Waals surface area contributed by atoms with Crippen molar-refractivity contribution in [3.05, 3.63) is 77.9 Å². The van der Waals surface area contributed by atoms with Gasteiger partial charge < -0.3 is 4.74 Å². The molecule has 0 aliphatic heterocycles. The molecule has 0 aliphatic rings. The van der Waals surface area contributed by atoms with E-state index >= 15 is 0 Å². The van der Waals surface area contributed by atoms with Gasteiger partial charge in [0.05, 0.1) is 11.3 Å². The number of benzene rings is 2. The third-order valence-electron chi connectivity index (χ3n) is 3.41. The molecule has 1 aromatic heterocycles. The van der Waals surface area contributed by atoms with Crippen molar-refractivity contribution in [2.45, 2.75) is 13.5 Å². The van der Waals surface area contributed by atoms with Gasteiger partial charge in [-0.3, -0.25) is 0 Å². The number of carbonyl (C=O) groups is 1. The maximum atomic E-state index is 12.1. The summed E-state index contributed by atoms with van der Waals surface area (Å²) in [5, 5.41) is 4.04. The molecule has 0 unspecified atom stereocenters. The topological polar surface area (TPSA) is 57.0 Å². The van der Waals surface area contributed by atoms with Crippen molar-refractivity contribution in [2.24, 2.45) is 0 Å². The van der Waals surface area contributed by atoms with Crippen LogP contribution in [0.25, 0.3) is 5.69 Å². The molecule has 3 aromatic rings. The van der Waals surface area contributed by atoms with E-state index in [0.29, 0.717) is 5.56 Å². The molecular weight excluding hydrogens is 278 g/mol. The standard InChI is InChI=1S/C17H15N3O2/c1-13-4-2-3-5-15(13)10-22-17(21)14-6-8-16(9-7-14)20-12-18-11-19-20/h2-9,11-12H,10H2,1H3. The SMILES string of the molecule is Cc1ccccc1COC(=O)c1ccc(-n2cncn2)cc1. The molecule has 0 amide bonds. The fourth-order valence-corrected chi connectivity index (χ4v) is 2.09. The molecule has 5 heteroatoms. The van der Waals surface area contributed by atoms with Gasteiger partial charge in [0, 0.05) is 0 Å². The smallest absolute Gasteiger partial charge is 0.338 e. The number of hydrogen-bond acceptors (Lipinski definition) is 4. The van der Waals surface area contributed by atoms with Crippen molar-refractivity contribution >= 4 is 5.97 Å². The van der Waals surface area contributed by atoms with Crippen molar-refractivity contribution < 1.29 is 9.53 Å². The Kier molecular flexibility index (Phi) is 3.96. The predicted octanol–water partition coefficient (Wildman–Crippen LogP) is 2.93. The van der Waals surface area contributed by atoms with Gasteiger partial charge in [0.15, 0.2) is 0 Å². The van der Waals surface area contributed by atoms with E-state index in [0.717, 1.165) is 16.8 Å². The number of aromatic nitrogens is 3. The summed E-state index contributed by atoms with van der Waals surface area (Å²) in [4.78, 5) is 16.0. The summed E-state index contributed by atoms with van der Waals surface area (Å²) >= 11 is 0. The van der Waals surface area contributed by atoms with Crippen LogP contribution in [0.1, 0.15) is 21.5 Å². The van der Waals surface area contributed by atoms with E-state index in [1.165, 1.54) is 6.33 Å². The van der Waals surface area contributed by atoms with Crippen molar-refractivity contribution in [1.82, 2.24) is 14.8 Å². The van der Waals surface area contributed by atoms with Crippen molar-refractivity contribution in [3.8, 4) is 5.69 Å². The van der Waals surface area contributed by atoms with Crippen LogP contribution < -0.4 is 0 Å². The highest BCUT2D eigenvalue weighted by Crippen LogP contribution is 2.12. The van der Waals surface area contributed by atoms with Crippen molar-refractivity contribution in [2.75, 3.05) is 0 Å². The number of carbonyl (C=O) groups excluding carboxylic acids is 1. The zero-order valence-corrected chi connectivity index (χ0v) is 12.1. The zero-order valence-electron chi connectivity index (χ0n) is 12.1. The van der Waals surface area contributed by atoms with Crippen LogP contribution in [0.4, 0.5) is 0 Å². The Hall–Kier alpha value is -2.95. The van der Waals surface area contributed by atoms with Crippen LogP contribution in [-0.4, -0.2) is 20.7 Å². The lowest BCUT2D eigenvalue weighted by molar-refractivity contribution is 0.0472. The zero-order chi connectivity index (χ0) is 15.4. The highest BCUT2D eigenvalue weighted by molar-refractivity contribution is 5.89. The molecule has 0 saturated heterocycles. The Labute approximate surface area is 128 Å². The first kappa shape index (κ1) is 14.0. The number of esters is 1. The van der Waals surface area contributed by atoms with Gasteiger partial charge in [-0.15, -0.1) is 0 Å². The van der Waals surface area contributed by atoms with Crippen LogP contribution >= 0.6 is 0 Å². The fourth-order valence-electron chi connectivity index (χ4n) is 2.09. The highest BCUT2D eigenvalue weighted by Gasteiger charge is 2.08. The van der Waals surface area contributed by atoms with E-state index in [-0.39, 0.29) is 12.6 Å². The first-order chi connectivity index (χ1) is 10.7. The number of rotatable bonds is 4. The lowest BCUT2D eigenvalue weighted by atomic mass is 10.1. The third-order valence-corrected chi connectivity index (χ3v) is 3.41. The summed E-state index contributed by atoms with van der Waals surface area (Å²) in [6.45, 7) is 2.27. The molecule has 0 saturated carbocycles. The molecule has 0 fully saturated rings. The maximum absolute atomic E-state index is 12.1. The molecule has 1 heterocycles. The van der Waals surface area contributed by atoms with E-state index < -0.39 is 0 Å². The molecular formula is C17H15N3O2.